The van der Waals surface area contributed by atoms with Gasteiger partial charge < -0.3 is 9.69 Å². The molecule has 2 aliphatic rings. The van der Waals surface area contributed by atoms with Gasteiger partial charge in [-0.15, -0.1) is 0 Å². The third-order valence-corrected chi connectivity index (χ3v) is 4.75. The number of aldehydes is 1. The molecular weight excluding hydrogens is 206 g/mol. The second-order valence-corrected chi connectivity index (χ2v) is 6.15. The first-order valence-corrected chi connectivity index (χ1v) is 7.27. The maximum Gasteiger partial charge on any atom is 0.127 e. The van der Waals surface area contributed by atoms with Gasteiger partial charge in [0.1, 0.15) is 6.29 Å². The lowest BCUT2D eigenvalue weighted by molar-refractivity contribution is -0.117. The summed E-state index contributed by atoms with van der Waals surface area (Å²) >= 11 is 2.05. The molecular formula is C12H21NOS. The van der Waals surface area contributed by atoms with Crippen LogP contribution in [0.1, 0.15) is 32.1 Å². The number of carbonyl (C=O) groups is 1. The first-order chi connectivity index (χ1) is 7.35. The molecule has 0 spiro atoms. The minimum atomic E-state index is 0.0228. The molecule has 2 rings (SSSR count). The first-order valence-electron chi connectivity index (χ1n) is 6.11. The topological polar surface area (TPSA) is 20.3 Å². The van der Waals surface area contributed by atoms with Gasteiger partial charge in [0.05, 0.1) is 0 Å². The fourth-order valence-electron chi connectivity index (χ4n) is 2.79. The fourth-order valence-corrected chi connectivity index (χ4v) is 3.72. The van der Waals surface area contributed by atoms with Gasteiger partial charge >= 0.3 is 0 Å². The molecule has 0 N–H and O–H groups in total. The second kappa shape index (κ2) is 5.35. The van der Waals surface area contributed by atoms with Crippen molar-refractivity contribution < 1.29 is 4.79 Å². The largest absolute Gasteiger partial charge is 0.303 e. The summed E-state index contributed by atoms with van der Waals surface area (Å²) in [7, 11) is 0. The summed E-state index contributed by atoms with van der Waals surface area (Å²) in [6, 6.07) is 0. The van der Waals surface area contributed by atoms with Gasteiger partial charge in [0.2, 0.25) is 0 Å². The molecule has 0 unspecified atom stereocenters. The van der Waals surface area contributed by atoms with Gasteiger partial charge in [-0.1, -0.05) is 12.8 Å². The fraction of sp³-hybridized carbons (Fsp3) is 0.917. The number of nitrogens with zero attached hydrogens (tertiary/aromatic N) is 1. The Morgan fingerprint density at radius 2 is 1.93 bits per heavy atom. The number of thioether (sulfide) groups is 1. The van der Waals surface area contributed by atoms with Crippen molar-refractivity contribution in [2.45, 2.75) is 32.1 Å². The van der Waals surface area contributed by atoms with E-state index < -0.39 is 0 Å². The molecule has 0 aromatic heterocycles. The summed E-state index contributed by atoms with van der Waals surface area (Å²) in [5.41, 5.74) is 0.0228. The van der Waals surface area contributed by atoms with Crippen molar-refractivity contribution >= 4 is 18.0 Å². The van der Waals surface area contributed by atoms with Gasteiger partial charge in [-0.05, 0) is 31.6 Å². The number of hydrogen-bond donors (Lipinski definition) is 0. The van der Waals surface area contributed by atoms with Gasteiger partial charge in [-0.3, -0.25) is 0 Å². The Bertz CT molecular complexity index is 206. The average molecular weight is 227 g/mol. The van der Waals surface area contributed by atoms with Crippen LogP contribution >= 0.6 is 11.8 Å². The molecule has 0 radical (unpaired) electrons. The van der Waals surface area contributed by atoms with Crippen molar-refractivity contribution in [2.75, 3.05) is 31.1 Å². The van der Waals surface area contributed by atoms with Gasteiger partial charge in [-0.2, -0.15) is 11.8 Å². The number of carbonyl (C=O) groups excluding carboxylic acids is 1. The van der Waals surface area contributed by atoms with E-state index in [0.717, 1.165) is 19.4 Å². The van der Waals surface area contributed by atoms with Gasteiger partial charge in [-0.25, -0.2) is 0 Å². The molecule has 86 valence electrons. The van der Waals surface area contributed by atoms with E-state index in [1.807, 2.05) is 0 Å². The van der Waals surface area contributed by atoms with Crippen molar-refractivity contribution in [3.05, 3.63) is 0 Å². The highest BCUT2D eigenvalue weighted by Gasteiger charge is 2.35. The van der Waals surface area contributed by atoms with Gasteiger partial charge in [0.15, 0.2) is 0 Å². The summed E-state index contributed by atoms with van der Waals surface area (Å²) in [6.07, 6.45) is 7.29. The van der Waals surface area contributed by atoms with E-state index in [0.29, 0.717) is 0 Å². The Morgan fingerprint density at radius 3 is 2.67 bits per heavy atom. The van der Waals surface area contributed by atoms with E-state index in [1.54, 1.807) is 0 Å². The van der Waals surface area contributed by atoms with Crippen molar-refractivity contribution in [2.24, 2.45) is 5.41 Å². The first kappa shape index (κ1) is 11.5. The van der Waals surface area contributed by atoms with Crippen LogP contribution in [-0.2, 0) is 4.79 Å². The molecule has 0 aromatic rings. The highest BCUT2D eigenvalue weighted by molar-refractivity contribution is 7.99. The third-order valence-electron chi connectivity index (χ3n) is 3.70. The standard InChI is InChI=1S/C12H21NOS/c14-11-12(4-1-2-5-12)10-13-6-3-8-15-9-7-13/h11H,1-10H2. The maximum absolute atomic E-state index is 11.3. The minimum absolute atomic E-state index is 0.0228. The molecule has 1 aliphatic carbocycles. The molecule has 0 bridgehead atoms. The van der Waals surface area contributed by atoms with Crippen LogP contribution in [0.3, 0.4) is 0 Å². The van der Waals surface area contributed by atoms with E-state index in [1.165, 1.54) is 50.1 Å². The van der Waals surface area contributed by atoms with Gasteiger partial charge in [0, 0.05) is 24.3 Å². The molecule has 1 aliphatic heterocycles. The quantitative estimate of drug-likeness (QED) is 0.689. The minimum Gasteiger partial charge on any atom is -0.303 e. The average Bonchev–Trinajstić information content (AvgIpc) is 2.57. The smallest absolute Gasteiger partial charge is 0.127 e. The predicted molar refractivity (Wildman–Crippen MR) is 65.3 cm³/mol. The monoisotopic (exact) mass is 227 g/mol. The van der Waals surface area contributed by atoms with Crippen molar-refractivity contribution in [1.29, 1.82) is 0 Å². The molecule has 0 atom stereocenters. The summed E-state index contributed by atoms with van der Waals surface area (Å²) in [6.45, 7) is 3.40. The van der Waals surface area contributed by atoms with Crippen molar-refractivity contribution in [3.8, 4) is 0 Å². The maximum atomic E-state index is 11.3. The SMILES string of the molecule is O=CC1(CN2CCCSCC2)CCCC1. The van der Waals surface area contributed by atoms with E-state index in [9.17, 15) is 4.79 Å². The molecule has 1 saturated carbocycles. The Morgan fingerprint density at radius 1 is 1.13 bits per heavy atom. The highest BCUT2D eigenvalue weighted by Crippen LogP contribution is 2.37. The highest BCUT2D eigenvalue weighted by atomic mass is 32.2. The predicted octanol–water partition coefficient (Wildman–Crippen LogP) is 2.18. The summed E-state index contributed by atoms with van der Waals surface area (Å²) in [5, 5.41) is 0. The molecule has 2 fully saturated rings. The number of rotatable bonds is 3. The van der Waals surface area contributed by atoms with Crippen LogP contribution in [0.25, 0.3) is 0 Å². The van der Waals surface area contributed by atoms with Crippen LogP contribution in [0.2, 0.25) is 0 Å². The van der Waals surface area contributed by atoms with E-state index >= 15 is 0 Å². The molecule has 1 saturated heterocycles. The van der Waals surface area contributed by atoms with Gasteiger partial charge in [0.25, 0.3) is 0 Å². The van der Waals surface area contributed by atoms with Crippen LogP contribution < -0.4 is 0 Å². The van der Waals surface area contributed by atoms with Crippen LogP contribution in [0.4, 0.5) is 0 Å². The summed E-state index contributed by atoms with van der Waals surface area (Å²) < 4.78 is 0. The Balaban J connectivity index is 1.90. The normalized spacial score (nSPS) is 27.5. The lowest BCUT2D eigenvalue weighted by atomic mass is 9.87. The molecule has 2 nitrogen and oxygen atoms in total. The molecule has 3 heteroatoms. The molecule has 0 amide bonds. The number of hydrogen-bond acceptors (Lipinski definition) is 3. The Kier molecular flexibility index (Phi) is 4.09. The zero-order valence-corrected chi connectivity index (χ0v) is 10.2. The zero-order chi connectivity index (χ0) is 10.6. The Hall–Kier alpha value is -0.0200. The molecule has 0 aromatic carbocycles. The summed E-state index contributed by atoms with van der Waals surface area (Å²) in [4.78, 5) is 13.8. The lowest BCUT2D eigenvalue weighted by Crippen LogP contribution is -2.38. The Labute approximate surface area is 96.8 Å². The van der Waals surface area contributed by atoms with Crippen LogP contribution in [0.15, 0.2) is 0 Å². The van der Waals surface area contributed by atoms with Crippen LogP contribution in [-0.4, -0.2) is 42.3 Å². The molecule has 1 heterocycles. The third kappa shape index (κ3) is 2.97. The van der Waals surface area contributed by atoms with Crippen LogP contribution in [0, 0.1) is 5.41 Å². The van der Waals surface area contributed by atoms with Crippen molar-refractivity contribution in [3.63, 3.8) is 0 Å². The summed E-state index contributed by atoms with van der Waals surface area (Å²) in [5.74, 6) is 2.54. The van der Waals surface area contributed by atoms with Crippen LogP contribution in [0.5, 0.6) is 0 Å². The van der Waals surface area contributed by atoms with E-state index in [4.69, 9.17) is 0 Å². The lowest BCUT2D eigenvalue weighted by Gasteiger charge is -2.30. The molecule has 15 heavy (non-hydrogen) atoms. The van der Waals surface area contributed by atoms with Crippen molar-refractivity contribution in [1.82, 2.24) is 4.90 Å². The second-order valence-electron chi connectivity index (χ2n) is 4.93. The zero-order valence-electron chi connectivity index (χ0n) is 9.41. The van der Waals surface area contributed by atoms with E-state index in [-0.39, 0.29) is 5.41 Å². The van der Waals surface area contributed by atoms with E-state index in [2.05, 4.69) is 16.7 Å².